The molecule has 0 radical (unpaired) electrons. The first-order valence-corrected chi connectivity index (χ1v) is 11.9. The van der Waals surface area contributed by atoms with Gasteiger partial charge >= 0.3 is 0 Å². The number of benzene rings is 2. The second kappa shape index (κ2) is 9.24. The number of rotatable bonds is 7. The molecule has 2 aromatic carbocycles. The highest BCUT2D eigenvalue weighted by Crippen LogP contribution is 2.69. The number of fused-ring (bicyclic) bond motifs is 3. The van der Waals surface area contributed by atoms with Crippen LogP contribution < -0.4 is 14.2 Å². The predicted octanol–water partition coefficient (Wildman–Crippen LogP) is 3.85. The van der Waals surface area contributed by atoms with Crippen molar-refractivity contribution in [2.24, 2.45) is 11.0 Å². The van der Waals surface area contributed by atoms with E-state index in [1.807, 2.05) is 49.3 Å². The number of aromatic nitrogens is 1. The highest BCUT2D eigenvalue weighted by atomic mass is 16.5. The van der Waals surface area contributed by atoms with Gasteiger partial charge in [0.2, 0.25) is 11.8 Å². The van der Waals surface area contributed by atoms with Crippen molar-refractivity contribution in [3.8, 4) is 17.5 Å². The normalized spacial score (nSPS) is 27.7. The molecule has 2 aliphatic rings. The summed E-state index contributed by atoms with van der Waals surface area (Å²) in [5.41, 5.74) is 7.68. The van der Waals surface area contributed by atoms with Crippen LogP contribution in [0.4, 0.5) is 5.69 Å². The highest BCUT2D eigenvalue weighted by Gasteiger charge is 2.77. The van der Waals surface area contributed by atoms with Crippen LogP contribution in [0.5, 0.6) is 17.5 Å². The number of aliphatic hydroxyl groups excluding tert-OH is 1. The fraction of sp³-hybridized carbons (Fsp3) is 0.370. The maximum absolute atomic E-state index is 12.8. The molecule has 37 heavy (non-hydrogen) atoms. The molecule has 192 valence electrons. The first kappa shape index (κ1) is 24.9. The molecular formula is C27H29N5O5. The minimum Gasteiger partial charge on any atom is -0.481 e. The van der Waals surface area contributed by atoms with Crippen molar-refractivity contribution in [3.63, 3.8) is 0 Å². The summed E-state index contributed by atoms with van der Waals surface area (Å²) in [6, 6.07) is 18.2. The van der Waals surface area contributed by atoms with Crippen molar-refractivity contribution in [1.82, 2.24) is 9.88 Å². The molecule has 0 spiro atoms. The van der Waals surface area contributed by atoms with E-state index in [0.717, 1.165) is 5.56 Å². The lowest BCUT2D eigenvalue weighted by molar-refractivity contribution is -0.152. The summed E-state index contributed by atoms with van der Waals surface area (Å²) in [5.74, 6) is -0.235. The van der Waals surface area contributed by atoms with Crippen LogP contribution >= 0.6 is 0 Å². The average Bonchev–Trinajstić information content (AvgIpc) is 3.27. The van der Waals surface area contributed by atoms with E-state index in [2.05, 4.69) is 15.0 Å². The van der Waals surface area contributed by atoms with E-state index >= 15 is 0 Å². The maximum Gasteiger partial charge on any atom is 0.226 e. The Morgan fingerprint density at radius 3 is 2.41 bits per heavy atom. The zero-order valence-corrected chi connectivity index (χ0v) is 21.1. The third-order valence-corrected chi connectivity index (χ3v) is 7.44. The summed E-state index contributed by atoms with van der Waals surface area (Å²) in [5, 5.41) is 28.5. The molecule has 5 atom stereocenters. The monoisotopic (exact) mass is 503 g/mol. The molecule has 1 aromatic heterocycles. The number of nitrogens with zero attached hydrogens (tertiary/aromatic N) is 5. The van der Waals surface area contributed by atoms with E-state index in [1.165, 1.54) is 14.2 Å². The summed E-state index contributed by atoms with van der Waals surface area (Å²) in [7, 11) is 6.79. The summed E-state index contributed by atoms with van der Waals surface area (Å²) in [6.45, 7) is 0.478. The van der Waals surface area contributed by atoms with Crippen molar-refractivity contribution in [3.05, 3.63) is 87.8 Å². The molecule has 5 rings (SSSR count). The number of azide groups is 1. The molecule has 1 saturated carbocycles. The molecule has 0 saturated heterocycles. The number of aliphatic hydroxyl groups is 2. The Morgan fingerprint density at radius 1 is 1.11 bits per heavy atom. The summed E-state index contributed by atoms with van der Waals surface area (Å²) >= 11 is 0. The van der Waals surface area contributed by atoms with Gasteiger partial charge in [0, 0.05) is 35.0 Å². The Hall–Kier alpha value is -3.82. The molecule has 1 fully saturated rings. The van der Waals surface area contributed by atoms with Crippen molar-refractivity contribution in [2.75, 3.05) is 34.9 Å². The van der Waals surface area contributed by atoms with Crippen LogP contribution in [0, 0.1) is 5.92 Å². The van der Waals surface area contributed by atoms with Crippen molar-refractivity contribution in [2.45, 2.75) is 23.2 Å². The molecule has 3 aromatic rings. The molecule has 1 aliphatic carbocycles. The van der Waals surface area contributed by atoms with Gasteiger partial charge in [-0.3, -0.25) is 0 Å². The third-order valence-electron chi connectivity index (χ3n) is 7.44. The Balaban J connectivity index is 1.85. The van der Waals surface area contributed by atoms with E-state index in [-0.39, 0.29) is 17.3 Å². The van der Waals surface area contributed by atoms with Crippen molar-refractivity contribution in [1.29, 1.82) is 0 Å². The van der Waals surface area contributed by atoms with E-state index < -0.39 is 29.1 Å². The molecule has 2 N–H and O–H groups in total. The average molecular weight is 504 g/mol. The van der Waals surface area contributed by atoms with E-state index in [9.17, 15) is 10.2 Å². The first-order chi connectivity index (χ1) is 17.8. The standard InChI is InChI=1S/C27H29N5O5/c1-32(2)15-19-22(16-8-6-5-7-9-16)27(17-10-12-18(13-11-17)30-31-28)26(34,24(19)33)23-20(37-27)14-21(35-3)29-25(23)36-4/h5-14,19,22,24,33-34H,15H2,1-4H3/t19-,22-,24-,26+,27+/m1/s1. The smallest absolute Gasteiger partial charge is 0.226 e. The van der Waals surface area contributed by atoms with Gasteiger partial charge in [0.05, 0.1) is 25.9 Å². The fourth-order valence-corrected chi connectivity index (χ4v) is 6.12. The predicted molar refractivity (Wildman–Crippen MR) is 136 cm³/mol. The van der Waals surface area contributed by atoms with Crippen molar-refractivity contribution >= 4 is 5.69 Å². The lowest BCUT2D eigenvalue weighted by Gasteiger charge is -2.41. The summed E-state index contributed by atoms with van der Waals surface area (Å²) in [4.78, 5) is 9.26. The van der Waals surface area contributed by atoms with Gasteiger partial charge in [-0.05, 0) is 30.8 Å². The quantitative estimate of drug-likeness (QED) is 0.284. The molecular weight excluding hydrogens is 474 g/mol. The molecule has 2 heterocycles. The number of pyridine rings is 1. The lowest BCUT2D eigenvalue weighted by Crippen LogP contribution is -2.52. The van der Waals surface area contributed by atoms with Crippen LogP contribution in [-0.4, -0.2) is 61.1 Å². The molecule has 1 aliphatic heterocycles. The third kappa shape index (κ3) is 3.53. The van der Waals surface area contributed by atoms with Gasteiger partial charge in [-0.15, -0.1) is 0 Å². The van der Waals surface area contributed by atoms with E-state index in [4.69, 9.17) is 19.7 Å². The molecule has 0 amide bonds. The zero-order valence-electron chi connectivity index (χ0n) is 21.1. The van der Waals surface area contributed by atoms with Crippen LogP contribution in [0.2, 0.25) is 0 Å². The molecule has 0 unspecified atom stereocenters. The van der Waals surface area contributed by atoms with Crippen LogP contribution in [0.1, 0.15) is 22.6 Å². The first-order valence-electron chi connectivity index (χ1n) is 11.9. The van der Waals surface area contributed by atoms with Gasteiger partial charge in [0.25, 0.3) is 0 Å². The molecule has 10 heteroatoms. The fourth-order valence-electron chi connectivity index (χ4n) is 6.12. The molecule has 10 nitrogen and oxygen atoms in total. The Kier molecular flexibility index (Phi) is 6.21. The second-order valence-electron chi connectivity index (χ2n) is 9.65. The van der Waals surface area contributed by atoms with Gasteiger partial charge in [-0.1, -0.05) is 59.7 Å². The Bertz CT molecular complexity index is 1350. The number of methoxy groups -OCH3 is 2. The SMILES string of the molecule is COc1cc2c(c(OC)n1)[C@]1(O)[C@H](O)[C@H](CN(C)C)[C@@H](c3ccccc3)[C@]1(c1ccc(N=[N+]=[N-])cc1)O2. The van der Waals surface area contributed by atoms with Gasteiger partial charge in [-0.2, -0.15) is 4.98 Å². The molecule has 0 bridgehead atoms. The van der Waals surface area contributed by atoms with E-state index in [0.29, 0.717) is 23.5 Å². The number of hydrogen-bond donors (Lipinski definition) is 2. The highest BCUT2D eigenvalue weighted by molar-refractivity contribution is 5.60. The zero-order chi connectivity index (χ0) is 26.4. The van der Waals surface area contributed by atoms with Gasteiger partial charge in [0.1, 0.15) is 5.75 Å². The van der Waals surface area contributed by atoms with Crippen LogP contribution in [0.25, 0.3) is 10.4 Å². The van der Waals surface area contributed by atoms with Crippen LogP contribution in [0.15, 0.2) is 65.8 Å². The van der Waals surface area contributed by atoms with E-state index in [1.54, 1.807) is 30.3 Å². The minimum absolute atomic E-state index is 0.112. The van der Waals surface area contributed by atoms with Crippen molar-refractivity contribution < 1.29 is 24.4 Å². The maximum atomic E-state index is 12.8. The Labute approximate surface area is 214 Å². The number of hydrogen-bond acceptors (Lipinski definition) is 8. The lowest BCUT2D eigenvalue weighted by atomic mass is 9.70. The largest absolute Gasteiger partial charge is 0.481 e. The van der Waals surface area contributed by atoms with Crippen LogP contribution in [-0.2, 0) is 11.2 Å². The summed E-state index contributed by atoms with van der Waals surface area (Å²) < 4.78 is 17.8. The minimum atomic E-state index is -1.94. The van der Waals surface area contributed by atoms with Crippen LogP contribution in [0.3, 0.4) is 0 Å². The van der Waals surface area contributed by atoms with Gasteiger partial charge < -0.3 is 29.3 Å². The van der Waals surface area contributed by atoms with Gasteiger partial charge in [0.15, 0.2) is 11.2 Å². The topological polar surface area (TPSA) is 133 Å². The summed E-state index contributed by atoms with van der Waals surface area (Å²) in [6.07, 6.45) is -1.25. The van der Waals surface area contributed by atoms with Gasteiger partial charge in [-0.25, -0.2) is 0 Å². The number of ether oxygens (including phenoxy) is 3. The Morgan fingerprint density at radius 2 is 1.81 bits per heavy atom. The second-order valence-corrected chi connectivity index (χ2v) is 9.65.